The number of carbonyl (C=O) groups is 1. The summed E-state index contributed by atoms with van der Waals surface area (Å²) in [6.07, 6.45) is 0. The van der Waals surface area contributed by atoms with Crippen molar-refractivity contribution >= 4 is 15.9 Å². The minimum absolute atomic E-state index is 0.153. The van der Waals surface area contributed by atoms with Gasteiger partial charge in [-0.05, 0) is 44.0 Å². The molecule has 0 atom stereocenters. The molecule has 1 amide bonds. The third-order valence-electron chi connectivity index (χ3n) is 3.16. The largest absolute Gasteiger partial charge is 0.355 e. The van der Waals surface area contributed by atoms with Gasteiger partial charge < -0.3 is 5.32 Å². The average molecular weight is 298 g/mol. The van der Waals surface area contributed by atoms with E-state index in [4.69, 9.17) is 0 Å². The number of hydrogen-bond donors (Lipinski definition) is 1. The molecule has 1 rings (SSSR count). The van der Waals surface area contributed by atoms with Gasteiger partial charge in [0.05, 0.1) is 11.4 Å². The third kappa shape index (κ3) is 3.80. The molecule has 5 nitrogen and oxygen atoms in total. The summed E-state index contributed by atoms with van der Waals surface area (Å²) in [4.78, 5) is 11.8. The predicted octanol–water partition coefficient (Wildman–Crippen LogP) is 1.45. The highest BCUT2D eigenvalue weighted by Gasteiger charge is 2.25. The summed E-state index contributed by atoms with van der Waals surface area (Å²) in [5.41, 5.74) is 1.95. The van der Waals surface area contributed by atoms with E-state index in [2.05, 4.69) is 5.32 Å². The molecule has 112 valence electrons. The van der Waals surface area contributed by atoms with Crippen LogP contribution in [0.1, 0.15) is 25.0 Å². The van der Waals surface area contributed by atoms with Gasteiger partial charge in [-0.2, -0.15) is 4.31 Å². The van der Waals surface area contributed by atoms with E-state index in [9.17, 15) is 13.2 Å². The fraction of sp³-hybridized carbons (Fsp3) is 0.500. The maximum atomic E-state index is 12.5. The average Bonchev–Trinajstić information content (AvgIpc) is 2.39. The Labute approximate surface area is 121 Å². The molecule has 0 aliphatic carbocycles. The highest BCUT2D eigenvalue weighted by molar-refractivity contribution is 7.89. The first-order valence-corrected chi connectivity index (χ1v) is 8.11. The minimum Gasteiger partial charge on any atom is -0.355 e. The first kappa shape index (κ1) is 16.7. The second kappa shape index (κ2) is 6.85. The molecule has 1 aromatic rings. The zero-order chi connectivity index (χ0) is 15.3. The summed E-state index contributed by atoms with van der Waals surface area (Å²) < 4.78 is 26.2. The van der Waals surface area contributed by atoms with E-state index >= 15 is 0 Å². The fourth-order valence-corrected chi connectivity index (χ4v) is 3.29. The summed E-state index contributed by atoms with van der Waals surface area (Å²) in [5, 5.41) is 2.61. The summed E-state index contributed by atoms with van der Waals surface area (Å²) in [7, 11) is -3.63. The van der Waals surface area contributed by atoms with Crippen molar-refractivity contribution in [2.75, 3.05) is 19.6 Å². The van der Waals surface area contributed by atoms with Crippen molar-refractivity contribution in [1.29, 1.82) is 0 Å². The van der Waals surface area contributed by atoms with E-state index in [1.807, 2.05) is 13.8 Å². The Bertz CT molecular complexity index is 582. The zero-order valence-electron chi connectivity index (χ0n) is 12.4. The molecule has 1 N–H and O–H groups in total. The molecule has 0 radical (unpaired) electrons. The molecule has 20 heavy (non-hydrogen) atoms. The number of nitrogens with one attached hydrogen (secondary N) is 1. The molecule has 0 saturated carbocycles. The van der Waals surface area contributed by atoms with Crippen molar-refractivity contribution in [1.82, 2.24) is 9.62 Å². The normalized spacial score (nSPS) is 11.7. The lowest BCUT2D eigenvalue weighted by Crippen LogP contribution is -2.40. The second-order valence-corrected chi connectivity index (χ2v) is 6.57. The Balaban J connectivity index is 3.05. The standard InChI is InChI=1S/C14H22N2O3S/c1-5-15-14(17)10-16(6-2)20(18,19)13-8-7-11(3)12(4)9-13/h7-9H,5-6,10H2,1-4H3,(H,15,17). The lowest BCUT2D eigenvalue weighted by atomic mass is 10.1. The number of aryl methyl sites for hydroxylation is 2. The maximum absolute atomic E-state index is 12.5. The summed E-state index contributed by atoms with van der Waals surface area (Å²) in [5.74, 6) is -0.290. The first-order chi connectivity index (χ1) is 9.32. The van der Waals surface area contributed by atoms with E-state index < -0.39 is 10.0 Å². The smallest absolute Gasteiger partial charge is 0.243 e. The van der Waals surface area contributed by atoms with Crippen LogP contribution in [0.3, 0.4) is 0 Å². The van der Waals surface area contributed by atoms with Crippen LogP contribution in [0.25, 0.3) is 0 Å². The molecule has 0 bridgehead atoms. The monoisotopic (exact) mass is 298 g/mol. The zero-order valence-corrected chi connectivity index (χ0v) is 13.3. The van der Waals surface area contributed by atoms with Crippen LogP contribution in [-0.2, 0) is 14.8 Å². The number of amides is 1. The Morgan fingerprint density at radius 2 is 1.85 bits per heavy atom. The van der Waals surface area contributed by atoms with Crippen LogP contribution in [0.2, 0.25) is 0 Å². The Morgan fingerprint density at radius 1 is 1.20 bits per heavy atom. The van der Waals surface area contributed by atoms with Crippen molar-refractivity contribution < 1.29 is 13.2 Å². The number of rotatable bonds is 6. The van der Waals surface area contributed by atoms with Crippen molar-refractivity contribution in [3.8, 4) is 0 Å². The number of carbonyl (C=O) groups excluding carboxylic acids is 1. The highest BCUT2D eigenvalue weighted by Crippen LogP contribution is 2.18. The van der Waals surface area contributed by atoms with Crippen LogP contribution in [-0.4, -0.2) is 38.3 Å². The van der Waals surface area contributed by atoms with Crippen LogP contribution in [0, 0.1) is 13.8 Å². The maximum Gasteiger partial charge on any atom is 0.243 e. The van der Waals surface area contributed by atoms with Crippen molar-refractivity contribution in [2.24, 2.45) is 0 Å². The van der Waals surface area contributed by atoms with Gasteiger partial charge in [-0.1, -0.05) is 13.0 Å². The molecule has 0 aromatic heterocycles. The Morgan fingerprint density at radius 3 is 2.35 bits per heavy atom. The Kier molecular flexibility index (Phi) is 5.71. The molecular formula is C14H22N2O3S. The van der Waals surface area contributed by atoms with Gasteiger partial charge >= 0.3 is 0 Å². The molecule has 0 heterocycles. The SMILES string of the molecule is CCNC(=O)CN(CC)S(=O)(=O)c1ccc(C)c(C)c1. The molecule has 6 heteroatoms. The van der Waals surface area contributed by atoms with Gasteiger partial charge in [0.25, 0.3) is 0 Å². The van der Waals surface area contributed by atoms with Gasteiger partial charge in [-0.3, -0.25) is 4.79 Å². The third-order valence-corrected chi connectivity index (χ3v) is 5.08. The van der Waals surface area contributed by atoms with E-state index in [0.717, 1.165) is 11.1 Å². The number of sulfonamides is 1. The van der Waals surface area contributed by atoms with Gasteiger partial charge in [-0.15, -0.1) is 0 Å². The Hall–Kier alpha value is -1.40. The van der Waals surface area contributed by atoms with E-state index in [-0.39, 0.29) is 23.9 Å². The van der Waals surface area contributed by atoms with E-state index in [0.29, 0.717) is 6.54 Å². The van der Waals surface area contributed by atoms with Crippen molar-refractivity contribution in [3.05, 3.63) is 29.3 Å². The van der Waals surface area contributed by atoms with Crippen LogP contribution in [0.15, 0.2) is 23.1 Å². The van der Waals surface area contributed by atoms with E-state index in [1.165, 1.54) is 4.31 Å². The topological polar surface area (TPSA) is 66.5 Å². The first-order valence-electron chi connectivity index (χ1n) is 6.67. The predicted molar refractivity (Wildman–Crippen MR) is 79.0 cm³/mol. The fourth-order valence-electron chi connectivity index (χ4n) is 1.80. The molecule has 0 aliphatic heterocycles. The summed E-state index contributed by atoms with van der Waals surface area (Å²) >= 11 is 0. The van der Waals surface area contributed by atoms with Crippen LogP contribution in [0.4, 0.5) is 0 Å². The molecule has 0 fully saturated rings. The van der Waals surface area contributed by atoms with Crippen molar-refractivity contribution in [3.63, 3.8) is 0 Å². The molecular weight excluding hydrogens is 276 g/mol. The van der Waals surface area contributed by atoms with Crippen molar-refractivity contribution in [2.45, 2.75) is 32.6 Å². The van der Waals surface area contributed by atoms with Gasteiger partial charge in [-0.25, -0.2) is 8.42 Å². The number of hydrogen-bond acceptors (Lipinski definition) is 3. The number of benzene rings is 1. The quantitative estimate of drug-likeness (QED) is 0.864. The van der Waals surface area contributed by atoms with Crippen LogP contribution >= 0.6 is 0 Å². The lowest BCUT2D eigenvalue weighted by molar-refractivity contribution is -0.121. The molecule has 0 aliphatic rings. The minimum atomic E-state index is -3.63. The van der Waals surface area contributed by atoms with Gasteiger partial charge in [0, 0.05) is 13.1 Å². The van der Waals surface area contributed by atoms with Gasteiger partial charge in [0.1, 0.15) is 0 Å². The molecule has 0 spiro atoms. The number of likely N-dealkylation sites (N-methyl/N-ethyl adjacent to an activating group) is 2. The van der Waals surface area contributed by atoms with Crippen LogP contribution in [0.5, 0.6) is 0 Å². The van der Waals surface area contributed by atoms with E-state index in [1.54, 1.807) is 32.0 Å². The summed E-state index contributed by atoms with van der Waals surface area (Å²) in [6.45, 7) is 7.91. The molecule has 0 saturated heterocycles. The number of nitrogens with zero attached hydrogens (tertiary/aromatic N) is 1. The second-order valence-electron chi connectivity index (χ2n) is 4.63. The molecule has 1 aromatic carbocycles. The lowest BCUT2D eigenvalue weighted by Gasteiger charge is -2.20. The molecule has 0 unspecified atom stereocenters. The van der Waals surface area contributed by atoms with Crippen LogP contribution < -0.4 is 5.32 Å². The van der Waals surface area contributed by atoms with Gasteiger partial charge in [0.2, 0.25) is 15.9 Å². The summed E-state index contributed by atoms with van der Waals surface area (Å²) in [6, 6.07) is 5.01. The highest BCUT2D eigenvalue weighted by atomic mass is 32.2. The van der Waals surface area contributed by atoms with Gasteiger partial charge in [0.15, 0.2) is 0 Å².